The van der Waals surface area contributed by atoms with Crippen LogP contribution in [0.1, 0.15) is 41.5 Å². The molecule has 10 heteroatoms. The summed E-state index contributed by atoms with van der Waals surface area (Å²) in [6, 6.07) is 4.24. The highest BCUT2D eigenvalue weighted by Gasteiger charge is 2.22. The van der Waals surface area contributed by atoms with Crippen LogP contribution in [0.25, 0.3) is 0 Å². The number of rotatable bonds is 6. The van der Waals surface area contributed by atoms with Crippen molar-refractivity contribution >= 4 is 29.2 Å². The summed E-state index contributed by atoms with van der Waals surface area (Å²) in [5, 5.41) is 16.7. The number of amides is 2. The summed E-state index contributed by atoms with van der Waals surface area (Å²) in [6.07, 6.45) is -1.24. The van der Waals surface area contributed by atoms with Crippen LogP contribution in [-0.4, -0.2) is 53.3 Å². The van der Waals surface area contributed by atoms with Crippen molar-refractivity contribution in [2.75, 3.05) is 30.8 Å². The summed E-state index contributed by atoms with van der Waals surface area (Å²) in [6.45, 7) is 11.2. The van der Waals surface area contributed by atoms with Gasteiger partial charge in [-0.25, -0.2) is 9.59 Å². The van der Waals surface area contributed by atoms with E-state index in [-0.39, 0.29) is 11.4 Å². The maximum Gasteiger partial charge on any atom is 0.412 e. The van der Waals surface area contributed by atoms with E-state index < -0.39 is 28.3 Å². The molecule has 0 atom stereocenters. The molecular weight excluding hydrogens is 380 g/mol. The third kappa shape index (κ3) is 9.13. The summed E-state index contributed by atoms with van der Waals surface area (Å²) in [5.74, 6) is 0. The zero-order chi connectivity index (χ0) is 22.4. The molecule has 0 aliphatic rings. The predicted molar refractivity (Wildman–Crippen MR) is 110 cm³/mol. The van der Waals surface area contributed by atoms with Crippen molar-refractivity contribution in [3.05, 3.63) is 28.3 Å². The van der Waals surface area contributed by atoms with Crippen molar-refractivity contribution in [1.82, 2.24) is 4.90 Å². The highest BCUT2D eigenvalue weighted by Crippen LogP contribution is 2.28. The second-order valence-electron chi connectivity index (χ2n) is 8.44. The molecule has 0 aromatic heterocycles. The Hall–Kier alpha value is -3.04. The minimum Gasteiger partial charge on any atom is -0.444 e. The maximum atomic E-state index is 12.0. The summed E-state index contributed by atoms with van der Waals surface area (Å²) in [4.78, 5) is 36.0. The van der Waals surface area contributed by atoms with E-state index in [9.17, 15) is 19.7 Å². The number of carbonyl (C=O) groups is 2. The fourth-order valence-corrected chi connectivity index (χ4v) is 2.12. The second kappa shape index (κ2) is 9.44. The van der Waals surface area contributed by atoms with Gasteiger partial charge in [-0.3, -0.25) is 15.4 Å². The van der Waals surface area contributed by atoms with Crippen molar-refractivity contribution in [2.45, 2.75) is 52.7 Å². The summed E-state index contributed by atoms with van der Waals surface area (Å²) in [5.41, 5.74) is -1.03. The molecule has 0 saturated heterocycles. The molecule has 1 aromatic rings. The van der Waals surface area contributed by atoms with Gasteiger partial charge in [0.05, 0.1) is 4.92 Å². The zero-order valence-corrected chi connectivity index (χ0v) is 18.0. The van der Waals surface area contributed by atoms with Gasteiger partial charge in [-0.05, 0) is 53.7 Å². The second-order valence-corrected chi connectivity index (χ2v) is 8.44. The molecule has 162 valence electrons. The van der Waals surface area contributed by atoms with Gasteiger partial charge >= 0.3 is 12.2 Å². The zero-order valence-electron chi connectivity index (χ0n) is 18.0. The first kappa shape index (κ1) is 24.0. The van der Waals surface area contributed by atoms with Crippen LogP contribution < -0.4 is 10.6 Å². The minimum atomic E-state index is -0.789. The van der Waals surface area contributed by atoms with E-state index >= 15 is 0 Å². The van der Waals surface area contributed by atoms with Gasteiger partial charge in [0.15, 0.2) is 0 Å². The summed E-state index contributed by atoms with van der Waals surface area (Å²) in [7, 11) is 1.61. The molecule has 29 heavy (non-hydrogen) atoms. The number of hydrogen-bond donors (Lipinski definition) is 2. The smallest absolute Gasteiger partial charge is 0.412 e. The van der Waals surface area contributed by atoms with Crippen LogP contribution in [-0.2, 0) is 9.47 Å². The highest BCUT2D eigenvalue weighted by molar-refractivity contribution is 5.89. The van der Waals surface area contributed by atoms with E-state index in [2.05, 4.69) is 10.6 Å². The molecule has 0 fully saturated rings. The van der Waals surface area contributed by atoms with Crippen LogP contribution in [0.2, 0.25) is 0 Å². The van der Waals surface area contributed by atoms with Gasteiger partial charge in [-0.1, -0.05) is 0 Å². The molecule has 10 nitrogen and oxygen atoms in total. The van der Waals surface area contributed by atoms with E-state index in [0.29, 0.717) is 18.8 Å². The molecule has 0 saturated carbocycles. The topological polar surface area (TPSA) is 123 Å². The SMILES string of the molecule is CN(CCNc1ccc([N+](=O)[O-])c(NC(=O)OC(C)(C)C)c1)C(=O)OC(C)(C)C. The average molecular weight is 410 g/mol. The molecule has 1 rings (SSSR count). The van der Waals surface area contributed by atoms with E-state index in [1.165, 1.54) is 23.1 Å². The fraction of sp³-hybridized carbons (Fsp3) is 0.579. The number of nitro groups is 1. The molecule has 0 spiro atoms. The van der Waals surface area contributed by atoms with Gasteiger partial charge in [-0.2, -0.15) is 0 Å². The molecule has 0 unspecified atom stereocenters. The molecule has 0 aliphatic heterocycles. The normalized spacial score (nSPS) is 11.4. The number of ether oxygens (including phenoxy) is 2. The van der Waals surface area contributed by atoms with Crippen molar-refractivity contribution in [1.29, 1.82) is 0 Å². The Balaban J connectivity index is 2.77. The Labute approximate surface area is 170 Å². The fourth-order valence-electron chi connectivity index (χ4n) is 2.12. The van der Waals surface area contributed by atoms with Crippen molar-refractivity contribution in [3.8, 4) is 0 Å². The van der Waals surface area contributed by atoms with Crippen molar-refractivity contribution < 1.29 is 24.0 Å². The summed E-state index contributed by atoms with van der Waals surface area (Å²) >= 11 is 0. The first-order valence-corrected chi connectivity index (χ1v) is 9.14. The Morgan fingerprint density at radius 3 is 2.21 bits per heavy atom. The Morgan fingerprint density at radius 1 is 1.10 bits per heavy atom. The lowest BCUT2D eigenvalue weighted by Gasteiger charge is -2.24. The van der Waals surface area contributed by atoms with Gasteiger partial charge in [-0.15, -0.1) is 0 Å². The van der Waals surface area contributed by atoms with Crippen LogP contribution in [0.4, 0.5) is 26.7 Å². The van der Waals surface area contributed by atoms with Gasteiger partial charge < -0.3 is 19.7 Å². The molecule has 0 radical (unpaired) electrons. The number of carbonyl (C=O) groups excluding carboxylic acids is 2. The van der Waals surface area contributed by atoms with E-state index in [0.717, 1.165) is 0 Å². The Kier molecular flexibility index (Phi) is 7.81. The minimum absolute atomic E-state index is 0.00902. The molecular formula is C19H30N4O6. The number of benzene rings is 1. The number of anilines is 2. The predicted octanol–water partition coefficient (Wildman–Crippen LogP) is 4.22. The van der Waals surface area contributed by atoms with E-state index in [1.54, 1.807) is 48.6 Å². The number of nitrogens with one attached hydrogen (secondary N) is 2. The largest absolute Gasteiger partial charge is 0.444 e. The lowest BCUT2D eigenvalue weighted by molar-refractivity contribution is -0.383. The van der Waals surface area contributed by atoms with Gasteiger partial charge in [0.2, 0.25) is 0 Å². The molecule has 2 N–H and O–H groups in total. The number of hydrogen-bond acceptors (Lipinski definition) is 7. The molecule has 1 aromatic carbocycles. The Bertz CT molecular complexity index is 752. The van der Waals surface area contributed by atoms with Crippen molar-refractivity contribution in [3.63, 3.8) is 0 Å². The quantitative estimate of drug-likeness (QED) is 0.531. The Morgan fingerprint density at radius 2 is 1.69 bits per heavy atom. The molecule has 0 heterocycles. The standard InChI is InChI=1S/C19H30N4O6/c1-18(2,3)28-16(24)21-14-12-13(8-9-15(14)23(26)27)20-10-11-22(7)17(25)29-19(4,5)6/h8-9,12,20H,10-11H2,1-7H3,(H,21,24). The highest BCUT2D eigenvalue weighted by atomic mass is 16.6. The van der Waals surface area contributed by atoms with Crippen LogP contribution in [0, 0.1) is 10.1 Å². The van der Waals surface area contributed by atoms with Crippen molar-refractivity contribution in [2.24, 2.45) is 0 Å². The van der Waals surface area contributed by atoms with Crippen LogP contribution in [0.3, 0.4) is 0 Å². The molecule has 2 amide bonds. The third-order valence-corrected chi connectivity index (χ3v) is 3.31. The van der Waals surface area contributed by atoms with Gasteiger partial charge in [0.25, 0.3) is 5.69 Å². The number of nitro benzene ring substituents is 1. The first-order chi connectivity index (χ1) is 13.2. The number of likely N-dealkylation sites (N-methyl/N-ethyl adjacent to an activating group) is 1. The lowest BCUT2D eigenvalue weighted by atomic mass is 10.2. The number of nitrogens with zero attached hydrogens (tertiary/aromatic N) is 2. The lowest BCUT2D eigenvalue weighted by Crippen LogP contribution is -2.36. The van der Waals surface area contributed by atoms with E-state index in [1.807, 2.05) is 0 Å². The first-order valence-electron chi connectivity index (χ1n) is 9.14. The third-order valence-electron chi connectivity index (χ3n) is 3.31. The van der Waals surface area contributed by atoms with E-state index in [4.69, 9.17) is 9.47 Å². The summed E-state index contributed by atoms with van der Waals surface area (Å²) < 4.78 is 10.4. The molecule has 0 bridgehead atoms. The van der Waals surface area contributed by atoms with Crippen LogP contribution in [0.5, 0.6) is 0 Å². The monoisotopic (exact) mass is 410 g/mol. The van der Waals surface area contributed by atoms with Gasteiger partial charge in [0, 0.05) is 31.9 Å². The van der Waals surface area contributed by atoms with Crippen LogP contribution in [0.15, 0.2) is 18.2 Å². The maximum absolute atomic E-state index is 12.0. The average Bonchev–Trinajstić information content (AvgIpc) is 2.51. The van der Waals surface area contributed by atoms with Crippen LogP contribution >= 0.6 is 0 Å². The van der Waals surface area contributed by atoms with Gasteiger partial charge in [0.1, 0.15) is 16.9 Å². The molecule has 0 aliphatic carbocycles.